The number of hydrogen-bond donors (Lipinski definition) is 3. The first-order valence-corrected chi connectivity index (χ1v) is 6.28. The van der Waals surface area contributed by atoms with Gasteiger partial charge < -0.3 is 15.4 Å². The standard InChI is InChI=1S/C13H18N2O3/c16-11-5-4-10(8-14-11)12(17)15-9-13(18)6-2-1-3-7-13/h4-5,8,18H,1-3,6-7,9H2,(H,14,16)(H,15,17). The highest BCUT2D eigenvalue weighted by atomic mass is 16.3. The van der Waals surface area contributed by atoms with Gasteiger partial charge in [0.25, 0.3) is 5.91 Å². The van der Waals surface area contributed by atoms with Gasteiger partial charge in [0, 0.05) is 18.8 Å². The zero-order valence-electron chi connectivity index (χ0n) is 10.2. The zero-order chi connectivity index (χ0) is 13.0. The summed E-state index contributed by atoms with van der Waals surface area (Å²) >= 11 is 0. The quantitative estimate of drug-likeness (QED) is 0.742. The van der Waals surface area contributed by atoms with Crippen molar-refractivity contribution in [3.63, 3.8) is 0 Å². The van der Waals surface area contributed by atoms with E-state index in [0.717, 1.165) is 32.1 Å². The molecule has 1 aliphatic rings. The van der Waals surface area contributed by atoms with Crippen molar-refractivity contribution in [2.45, 2.75) is 37.7 Å². The van der Waals surface area contributed by atoms with Crippen LogP contribution in [0.25, 0.3) is 0 Å². The molecule has 1 saturated carbocycles. The molecule has 1 aromatic rings. The van der Waals surface area contributed by atoms with E-state index in [4.69, 9.17) is 0 Å². The number of pyridine rings is 1. The van der Waals surface area contributed by atoms with Gasteiger partial charge in [0.1, 0.15) is 0 Å². The van der Waals surface area contributed by atoms with E-state index >= 15 is 0 Å². The SMILES string of the molecule is O=C(NCC1(O)CCCCC1)c1ccc(=O)[nH]c1. The van der Waals surface area contributed by atoms with Crippen LogP contribution >= 0.6 is 0 Å². The van der Waals surface area contributed by atoms with Crippen molar-refractivity contribution in [3.05, 3.63) is 34.2 Å². The van der Waals surface area contributed by atoms with Crippen LogP contribution in [0, 0.1) is 0 Å². The number of aliphatic hydroxyl groups is 1. The molecule has 0 aromatic carbocycles. The van der Waals surface area contributed by atoms with Crippen LogP contribution in [-0.2, 0) is 0 Å². The number of hydrogen-bond acceptors (Lipinski definition) is 3. The lowest BCUT2D eigenvalue weighted by Crippen LogP contribution is -2.44. The maximum atomic E-state index is 11.8. The molecule has 1 heterocycles. The molecule has 0 radical (unpaired) electrons. The molecule has 1 fully saturated rings. The summed E-state index contributed by atoms with van der Waals surface area (Å²) in [5.74, 6) is -0.273. The number of aromatic nitrogens is 1. The third-order valence-electron chi connectivity index (χ3n) is 3.41. The van der Waals surface area contributed by atoms with Gasteiger partial charge >= 0.3 is 0 Å². The molecule has 18 heavy (non-hydrogen) atoms. The van der Waals surface area contributed by atoms with Crippen molar-refractivity contribution in [1.29, 1.82) is 0 Å². The first-order chi connectivity index (χ1) is 8.59. The summed E-state index contributed by atoms with van der Waals surface area (Å²) in [6.45, 7) is 0.269. The zero-order valence-corrected chi connectivity index (χ0v) is 10.2. The van der Waals surface area contributed by atoms with E-state index in [-0.39, 0.29) is 18.0 Å². The molecule has 1 amide bonds. The number of carbonyl (C=O) groups is 1. The molecule has 3 N–H and O–H groups in total. The fourth-order valence-electron chi connectivity index (χ4n) is 2.29. The van der Waals surface area contributed by atoms with Crippen LogP contribution in [-0.4, -0.2) is 28.1 Å². The van der Waals surface area contributed by atoms with Crippen molar-refractivity contribution in [2.24, 2.45) is 0 Å². The minimum atomic E-state index is -0.768. The van der Waals surface area contributed by atoms with Gasteiger partial charge in [-0.05, 0) is 18.9 Å². The molecule has 5 nitrogen and oxygen atoms in total. The molecule has 2 rings (SSSR count). The van der Waals surface area contributed by atoms with Crippen LogP contribution in [0.4, 0.5) is 0 Å². The van der Waals surface area contributed by atoms with Crippen molar-refractivity contribution in [1.82, 2.24) is 10.3 Å². The lowest BCUT2D eigenvalue weighted by atomic mass is 9.85. The summed E-state index contributed by atoms with van der Waals surface area (Å²) in [4.78, 5) is 25.1. The second-order valence-electron chi connectivity index (χ2n) is 4.91. The predicted molar refractivity (Wildman–Crippen MR) is 67.4 cm³/mol. The number of amides is 1. The summed E-state index contributed by atoms with van der Waals surface area (Å²) in [5.41, 5.74) is -0.609. The van der Waals surface area contributed by atoms with Crippen LogP contribution in [0.1, 0.15) is 42.5 Å². The summed E-state index contributed by atoms with van der Waals surface area (Å²) in [6, 6.07) is 2.78. The average molecular weight is 250 g/mol. The number of H-pyrrole nitrogens is 1. The van der Waals surface area contributed by atoms with Crippen LogP contribution in [0.5, 0.6) is 0 Å². The van der Waals surface area contributed by atoms with E-state index in [1.54, 1.807) is 0 Å². The number of nitrogens with one attached hydrogen (secondary N) is 2. The summed E-state index contributed by atoms with van der Waals surface area (Å²) in [5, 5.41) is 13.0. The fraction of sp³-hybridized carbons (Fsp3) is 0.538. The molecule has 0 saturated heterocycles. The Bertz CT molecular complexity index is 455. The van der Waals surface area contributed by atoms with Crippen LogP contribution in [0.3, 0.4) is 0 Å². The van der Waals surface area contributed by atoms with Gasteiger partial charge in [-0.15, -0.1) is 0 Å². The summed E-state index contributed by atoms with van der Waals surface area (Å²) in [6.07, 6.45) is 6.01. The maximum absolute atomic E-state index is 11.8. The molecule has 5 heteroatoms. The Kier molecular flexibility index (Phi) is 3.81. The highest BCUT2D eigenvalue weighted by Crippen LogP contribution is 2.27. The highest BCUT2D eigenvalue weighted by molar-refractivity contribution is 5.93. The predicted octanol–water partition coefficient (Wildman–Crippen LogP) is 0.800. The van der Waals surface area contributed by atoms with E-state index < -0.39 is 5.60 Å². The smallest absolute Gasteiger partial charge is 0.252 e. The minimum Gasteiger partial charge on any atom is -0.388 e. The van der Waals surface area contributed by atoms with Gasteiger partial charge in [0.2, 0.25) is 5.56 Å². The third kappa shape index (κ3) is 3.20. The Labute approximate surface area is 105 Å². The van der Waals surface area contributed by atoms with E-state index in [1.165, 1.54) is 18.3 Å². The lowest BCUT2D eigenvalue weighted by molar-refractivity contribution is 0.00525. The molecule has 0 spiro atoms. The van der Waals surface area contributed by atoms with E-state index in [9.17, 15) is 14.7 Å². The van der Waals surface area contributed by atoms with Crippen LogP contribution in [0.15, 0.2) is 23.1 Å². The molecule has 1 aliphatic carbocycles. The Morgan fingerprint density at radius 2 is 2.06 bits per heavy atom. The van der Waals surface area contributed by atoms with Gasteiger partial charge in [-0.25, -0.2) is 0 Å². The average Bonchev–Trinajstić information content (AvgIpc) is 2.38. The molecule has 0 aliphatic heterocycles. The van der Waals surface area contributed by atoms with Crippen molar-refractivity contribution < 1.29 is 9.90 Å². The lowest BCUT2D eigenvalue weighted by Gasteiger charge is -2.32. The Morgan fingerprint density at radius 3 is 2.67 bits per heavy atom. The van der Waals surface area contributed by atoms with Crippen molar-refractivity contribution in [3.8, 4) is 0 Å². The Morgan fingerprint density at radius 1 is 1.33 bits per heavy atom. The van der Waals surface area contributed by atoms with Gasteiger partial charge in [0.05, 0.1) is 11.2 Å². The highest BCUT2D eigenvalue weighted by Gasteiger charge is 2.29. The van der Waals surface area contributed by atoms with Gasteiger partial charge in [-0.2, -0.15) is 0 Å². The minimum absolute atomic E-state index is 0.238. The Hall–Kier alpha value is -1.62. The largest absolute Gasteiger partial charge is 0.388 e. The fourth-order valence-corrected chi connectivity index (χ4v) is 2.29. The number of carbonyl (C=O) groups excluding carboxylic acids is 1. The Balaban J connectivity index is 1.91. The first-order valence-electron chi connectivity index (χ1n) is 6.28. The maximum Gasteiger partial charge on any atom is 0.252 e. The van der Waals surface area contributed by atoms with Gasteiger partial charge in [-0.3, -0.25) is 9.59 Å². The van der Waals surface area contributed by atoms with Crippen molar-refractivity contribution in [2.75, 3.05) is 6.54 Å². The molecular weight excluding hydrogens is 232 g/mol. The molecule has 0 atom stereocenters. The normalized spacial score (nSPS) is 18.3. The number of rotatable bonds is 3. The molecule has 1 aromatic heterocycles. The first kappa shape index (κ1) is 12.8. The second kappa shape index (κ2) is 5.35. The topological polar surface area (TPSA) is 82.2 Å². The molecule has 0 bridgehead atoms. The summed E-state index contributed by atoms with van der Waals surface area (Å²) in [7, 11) is 0. The monoisotopic (exact) mass is 250 g/mol. The van der Waals surface area contributed by atoms with Crippen LogP contribution in [0.2, 0.25) is 0 Å². The van der Waals surface area contributed by atoms with Crippen LogP contribution < -0.4 is 10.9 Å². The second-order valence-corrected chi connectivity index (χ2v) is 4.91. The van der Waals surface area contributed by atoms with E-state index in [2.05, 4.69) is 10.3 Å². The van der Waals surface area contributed by atoms with Crippen molar-refractivity contribution >= 4 is 5.91 Å². The van der Waals surface area contributed by atoms with Gasteiger partial charge in [0.15, 0.2) is 0 Å². The molecule has 0 unspecified atom stereocenters. The number of aromatic amines is 1. The molecule has 98 valence electrons. The third-order valence-corrected chi connectivity index (χ3v) is 3.41. The van der Waals surface area contributed by atoms with Gasteiger partial charge in [-0.1, -0.05) is 19.3 Å². The molecular formula is C13H18N2O3. The van der Waals surface area contributed by atoms with E-state index in [0.29, 0.717) is 5.56 Å². The summed E-state index contributed by atoms with van der Waals surface area (Å²) < 4.78 is 0. The van der Waals surface area contributed by atoms with E-state index in [1.807, 2.05) is 0 Å².